The molecule has 0 saturated heterocycles. The lowest BCUT2D eigenvalue weighted by Crippen LogP contribution is -2.49. The van der Waals surface area contributed by atoms with Crippen molar-refractivity contribution in [2.24, 2.45) is 10.8 Å². The van der Waals surface area contributed by atoms with E-state index in [1.165, 1.54) is 49.7 Å². The van der Waals surface area contributed by atoms with E-state index < -0.39 is 0 Å². The van der Waals surface area contributed by atoms with Gasteiger partial charge in [0.05, 0.1) is 12.1 Å². The van der Waals surface area contributed by atoms with Gasteiger partial charge >= 0.3 is 0 Å². The number of benzene rings is 2. The highest BCUT2D eigenvalue weighted by Gasteiger charge is 2.55. The zero-order chi connectivity index (χ0) is 28.4. The van der Waals surface area contributed by atoms with Crippen molar-refractivity contribution in [3.8, 4) is 0 Å². The number of rotatable bonds is 5. The molecule has 2 nitrogen and oxygen atoms in total. The van der Waals surface area contributed by atoms with E-state index in [0.29, 0.717) is 35.0 Å². The Morgan fingerprint density at radius 2 is 0.975 bits per heavy atom. The van der Waals surface area contributed by atoms with E-state index in [1.54, 1.807) is 0 Å². The molecule has 0 amide bonds. The van der Waals surface area contributed by atoms with Crippen LogP contribution in [0.15, 0.2) is 82.4 Å². The van der Waals surface area contributed by atoms with Crippen LogP contribution in [-0.2, 0) is 0 Å². The van der Waals surface area contributed by atoms with Gasteiger partial charge in [0.1, 0.15) is 0 Å². The summed E-state index contributed by atoms with van der Waals surface area (Å²) in [5.41, 5.74) is 7.35. The average molecular weight is 573 g/mol. The summed E-state index contributed by atoms with van der Waals surface area (Å²) in [7, 11) is -0.660. The first-order valence-electron chi connectivity index (χ1n) is 15.6. The monoisotopic (exact) mass is 572 g/mol. The summed E-state index contributed by atoms with van der Waals surface area (Å²) in [6, 6.07) is 24.5. The number of hydrogen-bond acceptors (Lipinski definition) is 2. The van der Waals surface area contributed by atoms with Gasteiger partial charge < -0.3 is 0 Å². The Morgan fingerprint density at radius 3 is 1.32 bits per heavy atom. The smallest absolute Gasteiger partial charge is 0.0558 e. The first kappa shape index (κ1) is 28.8. The molecule has 0 bridgehead atoms. The molecule has 2 aromatic rings. The number of nitrogens with zero attached hydrogens (tertiary/aromatic N) is 2. The van der Waals surface area contributed by atoms with E-state index >= 15 is 0 Å². The molecule has 6 rings (SSSR count). The minimum atomic E-state index is -0.330. The summed E-state index contributed by atoms with van der Waals surface area (Å²) in [6.07, 6.45) is 7.76. The van der Waals surface area contributed by atoms with Crippen molar-refractivity contribution in [3.05, 3.63) is 93.6 Å². The SMILES string of the molecule is CC(c1ccccc1)N1C(C2C3=C(CCC(C)(C)C3)P(C)N2C(C)c2ccccc2)C2=C(CCC(C)(C)C2)P1C. The van der Waals surface area contributed by atoms with E-state index in [1.807, 2.05) is 21.8 Å². The molecule has 4 aliphatic rings. The summed E-state index contributed by atoms with van der Waals surface area (Å²) in [5.74, 6) is 0. The summed E-state index contributed by atoms with van der Waals surface area (Å²) in [5, 5.41) is 3.66. The van der Waals surface area contributed by atoms with Crippen molar-refractivity contribution in [1.82, 2.24) is 9.34 Å². The Morgan fingerprint density at radius 1 is 0.625 bits per heavy atom. The third-order valence-electron chi connectivity index (χ3n) is 10.6. The molecule has 2 aromatic carbocycles. The van der Waals surface area contributed by atoms with Gasteiger partial charge in [-0.05, 0) is 126 Å². The Labute approximate surface area is 246 Å². The molecule has 2 heterocycles. The lowest BCUT2D eigenvalue weighted by atomic mass is 9.70. The third kappa shape index (κ3) is 5.00. The minimum absolute atomic E-state index is 0.330. The molecule has 0 aromatic heterocycles. The molecule has 4 heteroatoms. The van der Waals surface area contributed by atoms with Crippen LogP contribution in [0.3, 0.4) is 0 Å². The lowest BCUT2D eigenvalue weighted by molar-refractivity contribution is 0.181. The second kappa shape index (κ2) is 10.8. The topological polar surface area (TPSA) is 6.48 Å². The molecular weight excluding hydrogens is 522 g/mol. The first-order chi connectivity index (χ1) is 19.0. The van der Waals surface area contributed by atoms with Crippen molar-refractivity contribution in [2.75, 3.05) is 13.3 Å². The molecule has 0 radical (unpaired) electrons. The average Bonchev–Trinajstić information content (AvgIpc) is 3.36. The van der Waals surface area contributed by atoms with E-state index in [9.17, 15) is 0 Å². The summed E-state index contributed by atoms with van der Waals surface area (Å²) >= 11 is 0. The Hall–Kier alpha value is -1.30. The predicted octanol–water partition coefficient (Wildman–Crippen LogP) is 10.9. The minimum Gasteiger partial charge on any atom is -0.263 e. The van der Waals surface area contributed by atoms with Crippen LogP contribution >= 0.6 is 16.1 Å². The van der Waals surface area contributed by atoms with Crippen LogP contribution in [0.1, 0.15) is 103 Å². The Kier molecular flexibility index (Phi) is 7.75. The molecule has 2 aliphatic heterocycles. The highest BCUT2D eigenvalue weighted by molar-refractivity contribution is 7.59. The molecule has 6 unspecified atom stereocenters. The van der Waals surface area contributed by atoms with Crippen LogP contribution in [0.4, 0.5) is 0 Å². The van der Waals surface area contributed by atoms with Crippen LogP contribution in [0.5, 0.6) is 0 Å². The molecule has 40 heavy (non-hydrogen) atoms. The van der Waals surface area contributed by atoms with Crippen molar-refractivity contribution >= 4 is 16.1 Å². The van der Waals surface area contributed by atoms with Crippen molar-refractivity contribution in [3.63, 3.8) is 0 Å². The molecule has 0 saturated carbocycles. The number of hydrogen-bond donors (Lipinski definition) is 0. The molecule has 0 spiro atoms. The van der Waals surface area contributed by atoms with Crippen molar-refractivity contribution < 1.29 is 0 Å². The zero-order valence-corrected chi connectivity index (χ0v) is 27.9. The summed E-state index contributed by atoms with van der Waals surface area (Å²) in [4.78, 5) is 0. The molecule has 2 aliphatic carbocycles. The fraction of sp³-hybridized carbons (Fsp3) is 0.556. The molecule has 214 valence electrons. The van der Waals surface area contributed by atoms with E-state index in [2.05, 4.69) is 125 Å². The van der Waals surface area contributed by atoms with Crippen LogP contribution in [-0.4, -0.2) is 34.8 Å². The van der Waals surface area contributed by atoms with Gasteiger partial charge in [-0.25, -0.2) is 0 Å². The first-order valence-corrected chi connectivity index (χ1v) is 19.1. The van der Waals surface area contributed by atoms with Gasteiger partial charge in [0.25, 0.3) is 0 Å². The second-order valence-corrected chi connectivity index (χ2v) is 18.6. The maximum Gasteiger partial charge on any atom is 0.0558 e. The van der Waals surface area contributed by atoms with Crippen molar-refractivity contribution in [2.45, 2.75) is 104 Å². The molecule has 0 fully saturated rings. The zero-order valence-electron chi connectivity index (χ0n) is 26.1. The molecule has 6 atom stereocenters. The second-order valence-electron chi connectivity index (χ2n) is 14.5. The van der Waals surface area contributed by atoms with Gasteiger partial charge in [0, 0.05) is 12.1 Å². The maximum absolute atomic E-state index is 3.03. The summed E-state index contributed by atoms with van der Waals surface area (Å²) in [6.45, 7) is 20.3. The van der Waals surface area contributed by atoms with Crippen LogP contribution < -0.4 is 0 Å². The highest BCUT2D eigenvalue weighted by atomic mass is 31.1. The Balaban J connectivity index is 1.52. The van der Waals surface area contributed by atoms with Gasteiger partial charge in [-0.3, -0.25) is 9.34 Å². The van der Waals surface area contributed by atoms with E-state index in [-0.39, 0.29) is 16.1 Å². The Bertz CT molecular complexity index is 1190. The lowest BCUT2D eigenvalue weighted by Gasteiger charge is -2.46. The fourth-order valence-corrected chi connectivity index (χ4v) is 13.6. The third-order valence-corrected chi connectivity index (χ3v) is 15.7. The normalized spacial score (nSPS) is 31.7. The van der Waals surface area contributed by atoms with Gasteiger partial charge in [-0.15, -0.1) is 0 Å². The summed E-state index contributed by atoms with van der Waals surface area (Å²) < 4.78 is 6.07. The number of allylic oxidation sites excluding steroid dienone is 2. The fourth-order valence-electron chi connectivity index (χ4n) is 8.35. The van der Waals surface area contributed by atoms with E-state index in [0.717, 1.165) is 0 Å². The van der Waals surface area contributed by atoms with Gasteiger partial charge in [0.15, 0.2) is 0 Å². The van der Waals surface area contributed by atoms with Crippen LogP contribution in [0.2, 0.25) is 0 Å². The van der Waals surface area contributed by atoms with Gasteiger partial charge in [0.2, 0.25) is 0 Å². The molecule has 0 N–H and O–H groups in total. The van der Waals surface area contributed by atoms with E-state index in [4.69, 9.17) is 0 Å². The van der Waals surface area contributed by atoms with Gasteiger partial charge in [-0.2, -0.15) is 0 Å². The maximum atomic E-state index is 3.03. The van der Waals surface area contributed by atoms with Crippen molar-refractivity contribution in [1.29, 1.82) is 0 Å². The van der Waals surface area contributed by atoms with Crippen LogP contribution in [0, 0.1) is 10.8 Å². The van der Waals surface area contributed by atoms with Gasteiger partial charge in [-0.1, -0.05) is 88.4 Å². The molecular formula is C36H50N2P2. The highest BCUT2D eigenvalue weighted by Crippen LogP contribution is 2.70. The largest absolute Gasteiger partial charge is 0.263 e. The van der Waals surface area contributed by atoms with Crippen LogP contribution in [0.25, 0.3) is 0 Å². The standard InChI is InChI=1S/C36H50N2P2/c1-25(27-15-11-9-12-16-27)37-33(29-23-35(3,4)21-19-31(29)39(37)7)34-30-24-36(5,6)22-20-32(30)40(8)38(34)26(2)28-17-13-10-14-18-28/h9-18,25-26,33-34H,19-24H2,1-8H3. The predicted molar refractivity (Wildman–Crippen MR) is 176 cm³/mol. The quantitative estimate of drug-likeness (QED) is 0.329.